The molecule has 1 heterocycles. The third-order valence-electron chi connectivity index (χ3n) is 2.99. The number of halogens is 1. The summed E-state index contributed by atoms with van der Waals surface area (Å²) in [6.07, 6.45) is 0.854. The van der Waals surface area contributed by atoms with Crippen molar-refractivity contribution in [2.24, 2.45) is 0 Å². The molecule has 1 unspecified atom stereocenters. The van der Waals surface area contributed by atoms with Crippen LogP contribution in [-0.4, -0.2) is 22.0 Å². The molecule has 1 atom stereocenters. The number of hydrogen-bond acceptors (Lipinski definition) is 3. The normalized spacial score (nSPS) is 12.6. The predicted octanol–water partition coefficient (Wildman–Crippen LogP) is 1.84. The van der Waals surface area contributed by atoms with Crippen LogP contribution in [0.5, 0.6) is 0 Å². The highest BCUT2D eigenvalue weighted by Gasteiger charge is 2.20. The molecule has 0 aliphatic carbocycles. The Hall–Kier alpha value is -2.11. The number of anilines is 1. The third kappa shape index (κ3) is 2.52. The van der Waals surface area contributed by atoms with Gasteiger partial charge in [-0.15, -0.1) is 0 Å². The zero-order valence-corrected chi connectivity index (χ0v) is 11.0. The number of carbonyl (C=O) groups excluding carboxylic acids is 1. The van der Waals surface area contributed by atoms with Gasteiger partial charge in [0.05, 0.1) is 11.0 Å². The van der Waals surface area contributed by atoms with E-state index >= 15 is 0 Å². The summed E-state index contributed by atoms with van der Waals surface area (Å²) in [6.45, 7) is 4.29. The van der Waals surface area contributed by atoms with E-state index in [9.17, 15) is 9.18 Å². The van der Waals surface area contributed by atoms with E-state index in [2.05, 4.69) is 10.3 Å². The van der Waals surface area contributed by atoms with Crippen LogP contribution >= 0.6 is 0 Å². The molecule has 0 aliphatic rings. The minimum atomic E-state index is -0.529. The highest BCUT2D eigenvalue weighted by molar-refractivity contribution is 5.85. The van der Waals surface area contributed by atoms with Crippen LogP contribution in [-0.2, 0) is 4.79 Å². The minimum absolute atomic E-state index is 0.155. The first-order valence-electron chi connectivity index (χ1n) is 6.25. The Bertz CT molecular complexity index is 608. The van der Waals surface area contributed by atoms with Gasteiger partial charge in [-0.1, -0.05) is 6.92 Å². The van der Waals surface area contributed by atoms with Gasteiger partial charge >= 0.3 is 0 Å². The Labute approximate surface area is 110 Å². The summed E-state index contributed by atoms with van der Waals surface area (Å²) in [5.41, 5.74) is 6.92. The van der Waals surface area contributed by atoms with E-state index in [1.54, 1.807) is 17.6 Å². The van der Waals surface area contributed by atoms with Crippen LogP contribution in [0, 0.1) is 5.82 Å². The molecular formula is C13H17FN4O. The quantitative estimate of drug-likeness (QED) is 0.885. The van der Waals surface area contributed by atoms with Gasteiger partial charge in [-0.05, 0) is 31.5 Å². The van der Waals surface area contributed by atoms with Gasteiger partial charge in [-0.3, -0.25) is 9.36 Å². The number of aromatic nitrogens is 2. The van der Waals surface area contributed by atoms with Gasteiger partial charge in [0.15, 0.2) is 0 Å². The monoisotopic (exact) mass is 264 g/mol. The molecule has 1 aromatic carbocycles. The van der Waals surface area contributed by atoms with E-state index in [4.69, 9.17) is 5.73 Å². The molecule has 1 amide bonds. The number of nitrogens with one attached hydrogen (secondary N) is 1. The molecule has 19 heavy (non-hydrogen) atoms. The first-order valence-corrected chi connectivity index (χ1v) is 6.25. The zero-order valence-electron chi connectivity index (χ0n) is 11.0. The van der Waals surface area contributed by atoms with Crippen LogP contribution < -0.4 is 11.1 Å². The van der Waals surface area contributed by atoms with Gasteiger partial charge in [0.1, 0.15) is 11.9 Å². The molecule has 2 rings (SSSR count). The van der Waals surface area contributed by atoms with Crippen LogP contribution in [0.2, 0.25) is 0 Å². The predicted molar refractivity (Wildman–Crippen MR) is 72.1 cm³/mol. The fourth-order valence-corrected chi connectivity index (χ4v) is 2.00. The minimum Gasteiger partial charge on any atom is -0.369 e. The van der Waals surface area contributed by atoms with E-state index in [0.717, 1.165) is 6.42 Å². The Morgan fingerprint density at radius 2 is 2.32 bits per heavy atom. The van der Waals surface area contributed by atoms with Crippen molar-refractivity contribution in [3.8, 4) is 0 Å². The highest BCUT2D eigenvalue weighted by atomic mass is 19.1. The van der Waals surface area contributed by atoms with Crippen molar-refractivity contribution < 1.29 is 9.18 Å². The maximum absolute atomic E-state index is 13.3. The number of fused-ring (bicyclic) bond motifs is 1. The van der Waals surface area contributed by atoms with E-state index in [0.29, 0.717) is 17.6 Å². The largest absolute Gasteiger partial charge is 0.369 e. The lowest BCUT2D eigenvalue weighted by Crippen LogP contribution is -2.31. The molecule has 102 valence electrons. The van der Waals surface area contributed by atoms with Gasteiger partial charge in [0.25, 0.3) is 0 Å². The molecule has 0 saturated carbocycles. The molecule has 0 radical (unpaired) electrons. The standard InChI is InChI=1S/C13H17FN4O/c1-3-6-16-12(19)8(2)18-11-7-9(14)4-5-10(11)17-13(18)15/h4-5,7-8H,3,6H2,1-2H3,(H2,15,17)(H,16,19). The molecule has 5 nitrogen and oxygen atoms in total. The van der Waals surface area contributed by atoms with Crippen LogP contribution in [0.25, 0.3) is 11.0 Å². The van der Waals surface area contributed by atoms with Crippen LogP contribution in [0.3, 0.4) is 0 Å². The average Bonchev–Trinajstić information content (AvgIpc) is 2.70. The van der Waals surface area contributed by atoms with Gasteiger partial charge in [-0.2, -0.15) is 0 Å². The number of hydrogen-bond donors (Lipinski definition) is 2. The molecule has 6 heteroatoms. The lowest BCUT2D eigenvalue weighted by atomic mass is 10.2. The van der Waals surface area contributed by atoms with E-state index in [1.807, 2.05) is 6.92 Å². The molecular weight excluding hydrogens is 247 g/mol. The second kappa shape index (κ2) is 5.26. The smallest absolute Gasteiger partial charge is 0.242 e. The van der Waals surface area contributed by atoms with Crippen LogP contribution in [0.1, 0.15) is 26.3 Å². The number of imidazole rings is 1. The molecule has 0 saturated heterocycles. The number of rotatable bonds is 4. The van der Waals surface area contributed by atoms with E-state index < -0.39 is 6.04 Å². The van der Waals surface area contributed by atoms with Crippen molar-refractivity contribution in [2.75, 3.05) is 12.3 Å². The summed E-state index contributed by atoms with van der Waals surface area (Å²) in [5, 5.41) is 2.79. The fourth-order valence-electron chi connectivity index (χ4n) is 2.00. The average molecular weight is 264 g/mol. The summed E-state index contributed by atoms with van der Waals surface area (Å²) in [6, 6.07) is 3.68. The molecule has 1 aromatic heterocycles. The third-order valence-corrected chi connectivity index (χ3v) is 2.99. The Kier molecular flexibility index (Phi) is 3.69. The van der Waals surface area contributed by atoms with Gasteiger partial charge < -0.3 is 11.1 Å². The Morgan fingerprint density at radius 1 is 1.58 bits per heavy atom. The number of amides is 1. The van der Waals surface area contributed by atoms with E-state index in [-0.39, 0.29) is 17.7 Å². The Morgan fingerprint density at radius 3 is 3.00 bits per heavy atom. The molecule has 0 spiro atoms. The molecule has 0 fully saturated rings. The van der Waals surface area contributed by atoms with Crippen molar-refractivity contribution >= 4 is 22.9 Å². The maximum Gasteiger partial charge on any atom is 0.242 e. The van der Waals surface area contributed by atoms with Crippen molar-refractivity contribution in [1.29, 1.82) is 0 Å². The number of nitrogen functional groups attached to an aromatic ring is 1. The summed E-state index contributed by atoms with van der Waals surface area (Å²) in [4.78, 5) is 16.1. The number of nitrogens with zero attached hydrogens (tertiary/aromatic N) is 2. The summed E-state index contributed by atoms with van der Waals surface area (Å²) < 4.78 is 14.9. The fraction of sp³-hybridized carbons (Fsp3) is 0.385. The number of benzene rings is 1. The molecule has 0 bridgehead atoms. The van der Waals surface area contributed by atoms with Crippen molar-refractivity contribution in [3.63, 3.8) is 0 Å². The van der Waals surface area contributed by atoms with Gasteiger partial charge in [0, 0.05) is 6.54 Å². The lowest BCUT2D eigenvalue weighted by Gasteiger charge is -2.15. The number of carbonyl (C=O) groups is 1. The van der Waals surface area contributed by atoms with Gasteiger partial charge in [0.2, 0.25) is 11.9 Å². The Balaban J connectivity index is 2.40. The molecule has 3 N–H and O–H groups in total. The second-order valence-electron chi connectivity index (χ2n) is 4.44. The first kappa shape index (κ1) is 13.3. The summed E-state index contributed by atoms with van der Waals surface area (Å²) >= 11 is 0. The molecule has 2 aromatic rings. The second-order valence-corrected chi connectivity index (χ2v) is 4.44. The van der Waals surface area contributed by atoms with Crippen LogP contribution in [0.4, 0.5) is 10.3 Å². The highest BCUT2D eigenvalue weighted by Crippen LogP contribution is 2.23. The van der Waals surface area contributed by atoms with Crippen molar-refractivity contribution in [1.82, 2.24) is 14.9 Å². The van der Waals surface area contributed by atoms with Crippen molar-refractivity contribution in [2.45, 2.75) is 26.3 Å². The zero-order chi connectivity index (χ0) is 14.0. The van der Waals surface area contributed by atoms with Gasteiger partial charge in [-0.25, -0.2) is 9.37 Å². The SMILES string of the molecule is CCCNC(=O)C(C)n1c(N)nc2ccc(F)cc21. The van der Waals surface area contributed by atoms with Crippen molar-refractivity contribution in [3.05, 3.63) is 24.0 Å². The number of nitrogens with two attached hydrogens (primary N) is 1. The summed E-state index contributed by atoms with van der Waals surface area (Å²) in [5.74, 6) is -0.327. The lowest BCUT2D eigenvalue weighted by molar-refractivity contribution is -0.123. The summed E-state index contributed by atoms with van der Waals surface area (Å²) in [7, 11) is 0. The first-order chi connectivity index (χ1) is 9.04. The topological polar surface area (TPSA) is 72.9 Å². The molecule has 0 aliphatic heterocycles. The van der Waals surface area contributed by atoms with E-state index in [1.165, 1.54) is 12.1 Å². The van der Waals surface area contributed by atoms with Crippen LogP contribution in [0.15, 0.2) is 18.2 Å². The maximum atomic E-state index is 13.3.